The van der Waals surface area contributed by atoms with Crippen LogP contribution in [0.3, 0.4) is 0 Å². The van der Waals surface area contributed by atoms with Crippen LogP contribution in [0.1, 0.15) is 10.4 Å². The topological polar surface area (TPSA) is 78.0 Å². The fourth-order valence-electron chi connectivity index (χ4n) is 1.87. The van der Waals surface area contributed by atoms with Crippen molar-refractivity contribution in [3.63, 3.8) is 0 Å². The Labute approximate surface area is 108 Å². The van der Waals surface area contributed by atoms with Crippen molar-refractivity contribution in [2.45, 2.75) is 0 Å². The average molecular weight is 253 g/mol. The summed E-state index contributed by atoms with van der Waals surface area (Å²) in [5.41, 5.74) is 2.00. The molecule has 0 saturated heterocycles. The molecule has 0 unspecified atom stereocenters. The molecule has 0 aliphatic carbocycles. The molecule has 0 atom stereocenters. The number of H-pyrrole nitrogens is 1. The number of hydrogen-bond donors (Lipinski definition) is 3. The van der Waals surface area contributed by atoms with Gasteiger partial charge in [0.1, 0.15) is 5.75 Å². The van der Waals surface area contributed by atoms with Crippen molar-refractivity contribution in [2.75, 3.05) is 5.32 Å². The van der Waals surface area contributed by atoms with E-state index in [1.54, 1.807) is 24.4 Å². The number of hydrogen-bond acceptors (Lipinski definition) is 3. The molecule has 3 rings (SSSR count). The normalized spacial score (nSPS) is 10.5. The summed E-state index contributed by atoms with van der Waals surface area (Å²) >= 11 is 0. The molecule has 5 nitrogen and oxygen atoms in total. The number of nitrogens with one attached hydrogen (secondary N) is 2. The quantitative estimate of drug-likeness (QED) is 0.656. The highest BCUT2D eigenvalue weighted by Gasteiger charge is 2.07. The number of phenolic OH excluding ortho intramolecular Hbond substituents is 1. The van der Waals surface area contributed by atoms with Crippen LogP contribution in [0.15, 0.2) is 48.7 Å². The molecule has 19 heavy (non-hydrogen) atoms. The third-order valence-electron chi connectivity index (χ3n) is 2.81. The molecule has 0 aliphatic heterocycles. The predicted octanol–water partition coefficient (Wildman–Crippen LogP) is 2.52. The number of aromatic nitrogens is 2. The zero-order valence-corrected chi connectivity index (χ0v) is 9.92. The molecule has 0 saturated carbocycles. The third kappa shape index (κ3) is 2.26. The molecule has 0 aliphatic rings. The fraction of sp³-hybridized carbons (Fsp3) is 0. The van der Waals surface area contributed by atoms with E-state index in [1.165, 1.54) is 12.1 Å². The number of aromatic hydroxyl groups is 1. The van der Waals surface area contributed by atoms with Crippen molar-refractivity contribution >= 4 is 22.5 Å². The van der Waals surface area contributed by atoms with Gasteiger partial charge in [0.05, 0.1) is 11.7 Å². The number of aromatic amines is 1. The van der Waals surface area contributed by atoms with Crippen LogP contribution in [0, 0.1) is 0 Å². The second-order valence-electron chi connectivity index (χ2n) is 4.18. The molecule has 2 aromatic carbocycles. The largest absolute Gasteiger partial charge is 0.508 e. The summed E-state index contributed by atoms with van der Waals surface area (Å²) in [6.45, 7) is 0. The Bertz CT molecular complexity index is 749. The van der Waals surface area contributed by atoms with Gasteiger partial charge >= 0.3 is 0 Å². The Morgan fingerprint density at radius 1 is 1.21 bits per heavy atom. The Hall–Kier alpha value is -2.82. The van der Waals surface area contributed by atoms with Crippen molar-refractivity contribution in [2.24, 2.45) is 0 Å². The molecule has 1 amide bonds. The van der Waals surface area contributed by atoms with Crippen LogP contribution in [-0.4, -0.2) is 21.2 Å². The summed E-state index contributed by atoms with van der Waals surface area (Å²) in [4.78, 5) is 12.0. The first kappa shape index (κ1) is 11.3. The maximum absolute atomic E-state index is 12.0. The number of amides is 1. The average Bonchev–Trinajstić information content (AvgIpc) is 2.86. The Balaban J connectivity index is 1.86. The molecule has 1 heterocycles. The molecule has 5 heteroatoms. The number of phenols is 1. The van der Waals surface area contributed by atoms with Crippen LogP contribution in [0.4, 0.5) is 5.69 Å². The standard InChI is InChI=1S/C14H11N3O2/c18-12-3-1-2-9(7-12)14(19)16-11-4-5-13-10(6-11)8-15-17-13/h1-8,18H,(H,15,17)(H,16,19). The van der Waals surface area contributed by atoms with Gasteiger partial charge in [-0.05, 0) is 36.4 Å². The summed E-state index contributed by atoms with van der Waals surface area (Å²) in [6, 6.07) is 11.7. The lowest BCUT2D eigenvalue weighted by Crippen LogP contribution is -2.11. The van der Waals surface area contributed by atoms with E-state index in [1.807, 2.05) is 12.1 Å². The molecule has 3 N–H and O–H groups in total. The minimum atomic E-state index is -0.265. The summed E-state index contributed by atoms with van der Waals surface area (Å²) < 4.78 is 0. The van der Waals surface area contributed by atoms with Crippen LogP contribution in [0.25, 0.3) is 10.9 Å². The van der Waals surface area contributed by atoms with Gasteiger partial charge in [-0.15, -0.1) is 0 Å². The van der Waals surface area contributed by atoms with Gasteiger partial charge in [-0.3, -0.25) is 9.89 Å². The van der Waals surface area contributed by atoms with Gasteiger partial charge in [0.25, 0.3) is 5.91 Å². The van der Waals surface area contributed by atoms with Crippen molar-refractivity contribution < 1.29 is 9.90 Å². The Kier molecular flexibility index (Phi) is 2.64. The molecule has 0 bridgehead atoms. The zero-order chi connectivity index (χ0) is 13.2. The predicted molar refractivity (Wildman–Crippen MR) is 72.2 cm³/mol. The van der Waals surface area contributed by atoms with Crippen LogP contribution in [0.2, 0.25) is 0 Å². The second kappa shape index (κ2) is 4.45. The fourth-order valence-corrected chi connectivity index (χ4v) is 1.87. The van der Waals surface area contributed by atoms with E-state index in [-0.39, 0.29) is 11.7 Å². The third-order valence-corrected chi connectivity index (χ3v) is 2.81. The van der Waals surface area contributed by atoms with Gasteiger partial charge in [-0.2, -0.15) is 5.10 Å². The van der Waals surface area contributed by atoms with Crippen molar-refractivity contribution in [3.8, 4) is 5.75 Å². The summed E-state index contributed by atoms with van der Waals surface area (Å²) in [6.07, 6.45) is 1.69. The first-order valence-corrected chi connectivity index (χ1v) is 5.76. The van der Waals surface area contributed by atoms with Gasteiger partial charge < -0.3 is 10.4 Å². The van der Waals surface area contributed by atoms with E-state index >= 15 is 0 Å². The highest BCUT2D eigenvalue weighted by molar-refractivity contribution is 6.05. The highest BCUT2D eigenvalue weighted by Crippen LogP contribution is 2.18. The lowest BCUT2D eigenvalue weighted by molar-refractivity contribution is 0.102. The Morgan fingerprint density at radius 3 is 2.95 bits per heavy atom. The molecule has 3 aromatic rings. The number of carbonyl (C=O) groups excluding carboxylic acids is 1. The first-order valence-electron chi connectivity index (χ1n) is 5.76. The number of fused-ring (bicyclic) bond motifs is 1. The number of anilines is 1. The second-order valence-corrected chi connectivity index (χ2v) is 4.18. The van der Waals surface area contributed by atoms with E-state index < -0.39 is 0 Å². The van der Waals surface area contributed by atoms with Crippen LogP contribution in [0.5, 0.6) is 5.75 Å². The maximum atomic E-state index is 12.0. The lowest BCUT2D eigenvalue weighted by atomic mass is 10.2. The van der Waals surface area contributed by atoms with Gasteiger partial charge in [0, 0.05) is 16.6 Å². The van der Waals surface area contributed by atoms with Gasteiger partial charge in [-0.25, -0.2) is 0 Å². The first-order chi connectivity index (χ1) is 9.22. The number of nitrogens with zero attached hydrogens (tertiary/aromatic N) is 1. The van der Waals surface area contributed by atoms with Gasteiger partial charge in [-0.1, -0.05) is 6.07 Å². The SMILES string of the molecule is O=C(Nc1ccc2[nH]ncc2c1)c1cccc(O)c1. The highest BCUT2D eigenvalue weighted by atomic mass is 16.3. The van der Waals surface area contributed by atoms with Crippen LogP contribution >= 0.6 is 0 Å². The van der Waals surface area contributed by atoms with Crippen molar-refractivity contribution in [1.29, 1.82) is 0 Å². The summed E-state index contributed by atoms with van der Waals surface area (Å²) in [5, 5.41) is 19.8. The molecule has 0 spiro atoms. The van der Waals surface area contributed by atoms with Crippen LogP contribution in [-0.2, 0) is 0 Å². The molecule has 0 fully saturated rings. The van der Waals surface area contributed by atoms with E-state index in [0.29, 0.717) is 11.3 Å². The van der Waals surface area contributed by atoms with Gasteiger partial charge in [0.2, 0.25) is 0 Å². The van der Waals surface area contributed by atoms with E-state index in [4.69, 9.17) is 0 Å². The molecular weight excluding hydrogens is 242 g/mol. The number of carbonyl (C=O) groups is 1. The van der Waals surface area contributed by atoms with E-state index in [2.05, 4.69) is 15.5 Å². The molecular formula is C14H11N3O2. The number of rotatable bonds is 2. The van der Waals surface area contributed by atoms with Gasteiger partial charge in [0.15, 0.2) is 0 Å². The minimum absolute atomic E-state index is 0.0675. The van der Waals surface area contributed by atoms with Crippen LogP contribution < -0.4 is 5.32 Å². The molecule has 94 valence electrons. The monoisotopic (exact) mass is 253 g/mol. The summed E-state index contributed by atoms with van der Waals surface area (Å²) in [7, 11) is 0. The smallest absolute Gasteiger partial charge is 0.255 e. The van der Waals surface area contributed by atoms with E-state index in [9.17, 15) is 9.90 Å². The summed E-state index contributed by atoms with van der Waals surface area (Å²) in [5.74, 6) is -0.198. The minimum Gasteiger partial charge on any atom is -0.508 e. The lowest BCUT2D eigenvalue weighted by Gasteiger charge is -2.05. The maximum Gasteiger partial charge on any atom is 0.255 e. The Morgan fingerprint density at radius 2 is 2.11 bits per heavy atom. The number of benzene rings is 2. The zero-order valence-electron chi connectivity index (χ0n) is 9.92. The van der Waals surface area contributed by atoms with Crippen molar-refractivity contribution in [3.05, 3.63) is 54.2 Å². The molecule has 0 radical (unpaired) electrons. The molecule has 1 aromatic heterocycles. The van der Waals surface area contributed by atoms with E-state index in [0.717, 1.165) is 10.9 Å². The van der Waals surface area contributed by atoms with Crippen molar-refractivity contribution in [1.82, 2.24) is 10.2 Å².